The maximum absolute atomic E-state index is 13.2. The largest absolute Gasteiger partial charge is 0.493 e. The van der Waals surface area contributed by atoms with Gasteiger partial charge in [-0.1, -0.05) is 32.9 Å². The van der Waals surface area contributed by atoms with Crippen molar-refractivity contribution in [2.24, 2.45) is 11.8 Å². The van der Waals surface area contributed by atoms with E-state index in [0.29, 0.717) is 41.8 Å². The molecule has 0 aliphatic carbocycles. The minimum absolute atomic E-state index is 0.174. The molecule has 2 rings (SSSR count). The summed E-state index contributed by atoms with van der Waals surface area (Å²) in [6, 6.07) is 6.62. The number of carbonyl (C=O) groups is 2. The van der Waals surface area contributed by atoms with Crippen LogP contribution in [0.3, 0.4) is 0 Å². The van der Waals surface area contributed by atoms with Gasteiger partial charge in [-0.2, -0.15) is 0 Å². The van der Waals surface area contributed by atoms with Gasteiger partial charge in [-0.25, -0.2) is 0 Å². The molecule has 8 heteroatoms. The van der Waals surface area contributed by atoms with E-state index in [1.807, 2.05) is 27.7 Å². The topological polar surface area (TPSA) is 93.9 Å². The Kier molecular flexibility index (Phi) is 8.26. The second-order valence-corrected chi connectivity index (χ2v) is 7.93. The lowest BCUT2D eigenvalue weighted by Crippen LogP contribution is -2.33. The van der Waals surface area contributed by atoms with E-state index < -0.39 is 0 Å². The molecule has 0 aliphatic rings. The lowest BCUT2D eigenvalue weighted by atomic mass is 10.1. The molecule has 0 saturated heterocycles. The Balaban J connectivity index is 2.18. The number of amides is 2. The van der Waals surface area contributed by atoms with Crippen molar-refractivity contribution >= 4 is 11.8 Å². The van der Waals surface area contributed by atoms with E-state index in [-0.39, 0.29) is 30.0 Å². The highest BCUT2D eigenvalue weighted by Crippen LogP contribution is 2.28. The number of hydrogen-bond donors (Lipinski definition) is 1. The van der Waals surface area contributed by atoms with Crippen LogP contribution in [-0.2, 0) is 6.54 Å². The highest BCUT2D eigenvalue weighted by atomic mass is 16.5. The zero-order chi connectivity index (χ0) is 22.3. The molecule has 0 spiro atoms. The molecule has 8 nitrogen and oxygen atoms in total. The van der Waals surface area contributed by atoms with Crippen LogP contribution in [0.4, 0.5) is 0 Å². The van der Waals surface area contributed by atoms with Gasteiger partial charge in [-0.3, -0.25) is 9.59 Å². The van der Waals surface area contributed by atoms with Crippen molar-refractivity contribution in [2.45, 2.75) is 34.2 Å². The summed E-state index contributed by atoms with van der Waals surface area (Å²) in [6.45, 7) is 9.35. The van der Waals surface area contributed by atoms with Gasteiger partial charge in [0.05, 0.1) is 20.8 Å². The van der Waals surface area contributed by atoms with Crippen LogP contribution in [0.1, 0.15) is 54.3 Å². The summed E-state index contributed by atoms with van der Waals surface area (Å²) in [7, 11) is 3.07. The van der Waals surface area contributed by atoms with Crippen LogP contribution in [0, 0.1) is 11.8 Å². The van der Waals surface area contributed by atoms with Crippen LogP contribution < -0.4 is 14.8 Å². The number of methoxy groups -OCH3 is 2. The predicted octanol–water partition coefficient (Wildman–Crippen LogP) is 3.38. The van der Waals surface area contributed by atoms with Gasteiger partial charge in [0.1, 0.15) is 0 Å². The van der Waals surface area contributed by atoms with Crippen molar-refractivity contribution in [3.8, 4) is 11.5 Å². The van der Waals surface area contributed by atoms with Crippen LogP contribution in [0.15, 0.2) is 28.8 Å². The van der Waals surface area contributed by atoms with E-state index in [4.69, 9.17) is 14.0 Å². The zero-order valence-electron chi connectivity index (χ0n) is 18.5. The first-order valence-electron chi connectivity index (χ1n) is 10.00. The molecule has 2 aromatic rings. The molecule has 1 aromatic heterocycles. The monoisotopic (exact) mass is 417 g/mol. The molecule has 2 amide bonds. The molecule has 0 unspecified atom stereocenters. The molecule has 0 fully saturated rings. The van der Waals surface area contributed by atoms with E-state index in [1.54, 1.807) is 36.3 Å². The summed E-state index contributed by atoms with van der Waals surface area (Å²) in [5.41, 5.74) is 0.677. The zero-order valence-corrected chi connectivity index (χ0v) is 18.5. The molecule has 164 valence electrons. The van der Waals surface area contributed by atoms with E-state index in [9.17, 15) is 9.59 Å². The summed E-state index contributed by atoms with van der Waals surface area (Å²) in [5, 5.41) is 6.65. The Labute approximate surface area is 177 Å². The molecule has 1 N–H and O–H groups in total. The Hall–Kier alpha value is -3.03. The molecular weight excluding hydrogens is 386 g/mol. The number of carbonyl (C=O) groups excluding carboxylic acids is 2. The quantitative estimate of drug-likeness (QED) is 0.637. The molecule has 0 atom stereocenters. The average molecular weight is 418 g/mol. The SMILES string of the molecule is COc1ccc(C(=O)N(Cc2cc(C(=O)NCC(C)C)no2)CC(C)C)cc1OC. The smallest absolute Gasteiger partial charge is 0.273 e. The van der Waals surface area contributed by atoms with Gasteiger partial charge in [-0.05, 0) is 30.0 Å². The predicted molar refractivity (Wildman–Crippen MR) is 113 cm³/mol. The number of benzene rings is 1. The first-order chi connectivity index (χ1) is 14.2. The normalized spacial score (nSPS) is 10.9. The summed E-state index contributed by atoms with van der Waals surface area (Å²) in [4.78, 5) is 27.0. The first-order valence-corrected chi connectivity index (χ1v) is 10.00. The molecule has 1 heterocycles. The summed E-state index contributed by atoms with van der Waals surface area (Å²) < 4.78 is 15.9. The second kappa shape index (κ2) is 10.7. The maximum Gasteiger partial charge on any atom is 0.273 e. The molecule has 0 radical (unpaired) electrons. The van der Waals surface area contributed by atoms with Crippen LogP contribution in [0.2, 0.25) is 0 Å². The highest BCUT2D eigenvalue weighted by molar-refractivity contribution is 5.95. The van der Waals surface area contributed by atoms with Gasteiger partial charge < -0.3 is 24.2 Å². The van der Waals surface area contributed by atoms with Gasteiger partial charge in [0.2, 0.25) is 0 Å². The third kappa shape index (κ3) is 6.23. The number of nitrogens with one attached hydrogen (secondary N) is 1. The third-order valence-electron chi connectivity index (χ3n) is 4.31. The van der Waals surface area contributed by atoms with E-state index in [2.05, 4.69) is 10.5 Å². The van der Waals surface area contributed by atoms with Gasteiger partial charge >= 0.3 is 0 Å². The average Bonchev–Trinajstić information content (AvgIpc) is 3.18. The fraction of sp³-hybridized carbons (Fsp3) is 0.500. The van der Waals surface area contributed by atoms with Crippen molar-refractivity contribution in [2.75, 3.05) is 27.3 Å². The van der Waals surface area contributed by atoms with Gasteiger partial charge in [-0.15, -0.1) is 0 Å². The third-order valence-corrected chi connectivity index (χ3v) is 4.31. The Morgan fingerprint density at radius 3 is 2.37 bits per heavy atom. The van der Waals surface area contributed by atoms with Crippen molar-refractivity contribution in [1.82, 2.24) is 15.4 Å². The Morgan fingerprint density at radius 2 is 1.77 bits per heavy atom. The number of ether oxygens (including phenoxy) is 2. The Morgan fingerprint density at radius 1 is 1.07 bits per heavy atom. The van der Waals surface area contributed by atoms with E-state index >= 15 is 0 Å². The molecular formula is C22H31N3O5. The first kappa shape index (κ1) is 23.3. The van der Waals surface area contributed by atoms with Crippen LogP contribution in [0.25, 0.3) is 0 Å². The number of aromatic nitrogens is 1. The fourth-order valence-electron chi connectivity index (χ4n) is 2.88. The molecule has 0 aliphatic heterocycles. The van der Waals surface area contributed by atoms with Crippen molar-refractivity contribution < 1.29 is 23.6 Å². The summed E-state index contributed by atoms with van der Waals surface area (Å²) in [5.74, 6) is 1.59. The minimum Gasteiger partial charge on any atom is -0.493 e. The van der Waals surface area contributed by atoms with Crippen molar-refractivity contribution in [1.29, 1.82) is 0 Å². The summed E-state index contributed by atoms with van der Waals surface area (Å²) >= 11 is 0. The number of nitrogens with zero attached hydrogens (tertiary/aromatic N) is 2. The second-order valence-electron chi connectivity index (χ2n) is 7.93. The standard InChI is InChI=1S/C22H31N3O5/c1-14(2)11-23-21(26)18-10-17(30-24-18)13-25(12-15(3)4)22(27)16-7-8-19(28-5)20(9-16)29-6/h7-10,14-15H,11-13H2,1-6H3,(H,23,26). The van der Waals surface area contributed by atoms with Gasteiger partial charge in [0.15, 0.2) is 23.0 Å². The van der Waals surface area contributed by atoms with Crippen molar-refractivity contribution in [3.05, 3.63) is 41.3 Å². The van der Waals surface area contributed by atoms with Crippen LogP contribution in [-0.4, -0.2) is 49.2 Å². The fourth-order valence-corrected chi connectivity index (χ4v) is 2.88. The Bertz CT molecular complexity index is 860. The van der Waals surface area contributed by atoms with Gasteiger partial charge in [0, 0.05) is 24.7 Å². The maximum atomic E-state index is 13.2. The highest BCUT2D eigenvalue weighted by Gasteiger charge is 2.22. The lowest BCUT2D eigenvalue weighted by molar-refractivity contribution is 0.0705. The van der Waals surface area contributed by atoms with Crippen LogP contribution >= 0.6 is 0 Å². The molecule has 30 heavy (non-hydrogen) atoms. The number of rotatable bonds is 10. The molecule has 0 saturated carbocycles. The molecule has 1 aromatic carbocycles. The van der Waals surface area contributed by atoms with Crippen molar-refractivity contribution in [3.63, 3.8) is 0 Å². The lowest BCUT2D eigenvalue weighted by Gasteiger charge is -2.24. The minimum atomic E-state index is -0.291. The molecule has 0 bridgehead atoms. The summed E-state index contributed by atoms with van der Waals surface area (Å²) in [6.07, 6.45) is 0. The van der Waals surface area contributed by atoms with Crippen LogP contribution in [0.5, 0.6) is 11.5 Å². The van der Waals surface area contributed by atoms with E-state index in [1.165, 1.54) is 7.11 Å². The van der Waals surface area contributed by atoms with Gasteiger partial charge in [0.25, 0.3) is 11.8 Å². The van der Waals surface area contributed by atoms with E-state index in [0.717, 1.165) is 0 Å². The number of hydrogen-bond acceptors (Lipinski definition) is 6.